The van der Waals surface area contributed by atoms with E-state index in [1.54, 1.807) is 0 Å². The molecule has 0 N–H and O–H groups in total. The minimum atomic E-state index is 0.496. The minimum Gasteiger partial charge on any atom is -0.310 e. The molecule has 0 amide bonds. The highest BCUT2D eigenvalue weighted by Crippen LogP contribution is 2.45. The van der Waals surface area contributed by atoms with Crippen molar-refractivity contribution in [2.24, 2.45) is 0 Å². The summed E-state index contributed by atoms with van der Waals surface area (Å²) < 4.78 is 6.87. The van der Waals surface area contributed by atoms with Crippen molar-refractivity contribution in [3.63, 3.8) is 0 Å². The first-order chi connectivity index (χ1) is 46.7. The normalized spacial score (nSPS) is 11.6. The topological polar surface area (TPSA) is 63.2 Å². The Morgan fingerprint density at radius 1 is 0.191 bits per heavy atom. The fraction of sp³-hybridized carbons (Fsp3) is 0. The van der Waals surface area contributed by atoms with Gasteiger partial charge in [0, 0.05) is 94.5 Å². The van der Waals surface area contributed by atoms with Gasteiger partial charge < -0.3 is 19.3 Å². The highest BCUT2D eigenvalue weighted by Gasteiger charge is 2.26. The molecule has 0 fully saturated rings. The zero-order chi connectivity index (χ0) is 62.1. The van der Waals surface area contributed by atoms with Gasteiger partial charge in [-0.3, -0.25) is 9.13 Å². The summed E-state index contributed by atoms with van der Waals surface area (Å²) in [6, 6.07) is 123. The largest absolute Gasteiger partial charge is 0.310 e. The zero-order valence-corrected chi connectivity index (χ0v) is 50.9. The van der Waals surface area contributed by atoms with E-state index in [9.17, 15) is 0 Å². The maximum absolute atomic E-state index is 5.69. The fourth-order valence-electron chi connectivity index (χ4n) is 14.1. The van der Waals surface area contributed by atoms with E-state index in [1.807, 2.05) is 0 Å². The van der Waals surface area contributed by atoms with Gasteiger partial charge in [-0.15, -0.1) is 0 Å². The lowest BCUT2D eigenvalue weighted by atomic mass is 10.0. The number of fused-ring (bicyclic) bond motifs is 10. The second-order valence-electron chi connectivity index (χ2n) is 23.6. The van der Waals surface area contributed by atoms with Gasteiger partial charge in [0.15, 0.2) is 5.82 Å². The molecular weight excluding hydrogens is 1150 g/mol. The Morgan fingerprint density at radius 3 is 0.819 bits per heavy atom. The van der Waals surface area contributed by atoms with E-state index in [1.165, 1.54) is 0 Å². The summed E-state index contributed by atoms with van der Waals surface area (Å²) >= 11 is 0. The maximum Gasteiger partial charge on any atom is 0.240 e. The summed E-state index contributed by atoms with van der Waals surface area (Å²) in [5, 5.41) is 8.68. The lowest BCUT2D eigenvalue weighted by Crippen LogP contribution is -2.11. The van der Waals surface area contributed by atoms with Gasteiger partial charge in [0.25, 0.3) is 0 Å². The molecule has 4 heterocycles. The number of nitrogens with zero attached hydrogens (tertiary/aromatic N) is 9. The third kappa shape index (κ3) is 9.05. The Morgan fingerprint density at radius 2 is 0.468 bits per heavy atom. The average molecular weight is 1200 g/mol. The number of hydrogen-bond donors (Lipinski definition) is 0. The Labute approximate surface area is 542 Å². The van der Waals surface area contributed by atoms with Crippen LogP contribution < -0.4 is 14.7 Å². The first-order valence-electron chi connectivity index (χ1n) is 31.8. The number of rotatable bonds is 13. The fourth-order valence-corrected chi connectivity index (χ4v) is 14.1. The minimum absolute atomic E-state index is 0.496. The van der Waals surface area contributed by atoms with Crippen LogP contribution in [-0.2, 0) is 0 Å². The van der Waals surface area contributed by atoms with Crippen LogP contribution >= 0.6 is 0 Å². The van der Waals surface area contributed by atoms with Crippen LogP contribution in [0.5, 0.6) is 0 Å². The van der Waals surface area contributed by atoms with E-state index in [-0.39, 0.29) is 0 Å². The van der Waals surface area contributed by atoms with E-state index >= 15 is 0 Å². The van der Waals surface area contributed by atoms with Crippen molar-refractivity contribution in [1.29, 1.82) is 0 Å². The molecule has 0 bridgehead atoms. The quantitative estimate of drug-likeness (QED) is 0.115. The second-order valence-corrected chi connectivity index (χ2v) is 23.6. The van der Waals surface area contributed by atoms with Crippen molar-refractivity contribution in [2.45, 2.75) is 0 Å². The van der Waals surface area contributed by atoms with Gasteiger partial charge in [-0.1, -0.05) is 188 Å². The zero-order valence-electron chi connectivity index (χ0n) is 50.9. The van der Waals surface area contributed by atoms with E-state index in [2.05, 4.69) is 374 Å². The molecule has 0 saturated carbocycles. The van der Waals surface area contributed by atoms with Crippen LogP contribution in [0.25, 0.3) is 105 Å². The molecule has 9 heteroatoms. The molecule has 18 rings (SSSR count). The van der Waals surface area contributed by atoms with Crippen molar-refractivity contribution in [1.82, 2.24) is 28.7 Å². The van der Waals surface area contributed by atoms with Gasteiger partial charge in [0.05, 0.1) is 38.8 Å². The lowest BCUT2D eigenvalue weighted by Gasteiger charge is -2.25. The number of anilines is 9. The van der Waals surface area contributed by atoms with E-state index < -0.39 is 0 Å². The third-order valence-corrected chi connectivity index (χ3v) is 18.2. The molecule has 4 aromatic heterocycles. The van der Waals surface area contributed by atoms with Crippen LogP contribution in [0.2, 0.25) is 0 Å². The van der Waals surface area contributed by atoms with Crippen LogP contribution in [0.3, 0.4) is 0 Å². The molecule has 0 saturated heterocycles. The van der Waals surface area contributed by atoms with Gasteiger partial charge in [0.2, 0.25) is 11.9 Å². The summed E-state index contributed by atoms with van der Waals surface area (Å²) in [6.07, 6.45) is 0. The summed E-state index contributed by atoms with van der Waals surface area (Å²) in [4.78, 5) is 24.0. The Kier molecular flexibility index (Phi) is 13.0. The number of para-hydroxylation sites is 9. The molecule has 0 unspecified atom stereocenters. The van der Waals surface area contributed by atoms with E-state index in [4.69, 9.17) is 15.0 Å². The van der Waals surface area contributed by atoms with E-state index in [0.29, 0.717) is 17.7 Å². The highest BCUT2D eigenvalue weighted by molar-refractivity contribution is 6.14. The predicted molar refractivity (Wildman–Crippen MR) is 390 cm³/mol. The SMILES string of the molecule is c1ccc(N(c2ccccc2)c2ccc3c(c2)c2ccccc2n3-c2nc(-c3ccc(-n4c5ccccc5c5cc(N(c6ccccc6)c6ccccc6)ccc54)c4ccccc34)nc(-n3c4ccccc4c4cc(N(c5ccccc5)c5ccccc5)ccc43)n2)cc1. The second kappa shape index (κ2) is 22.6. The molecule has 0 aliphatic heterocycles. The molecule has 94 heavy (non-hydrogen) atoms. The third-order valence-electron chi connectivity index (χ3n) is 18.2. The van der Waals surface area contributed by atoms with E-state index in [0.717, 1.165) is 139 Å². The smallest absolute Gasteiger partial charge is 0.240 e. The van der Waals surface area contributed by atoms with Crippen molar-refractivity contribution >= 4 is 127 Å². The van der Waals surface area contributed by atoms with Crippen LogP contribution in [0.1, 0.15) is 0 Å². The standard InChI is InChI=1S/C85H57N9/c1-7-27-58(28-8-1)89(59-29-9-2-10-30-59)64-47-51-80-73(55-64)69-41-21-24-44-76(69)92(80)79-54-50-72(67-39-19-20-40-68(67)79)83-86-84(93-77-45-25-22-42-70(77)74-56-65(48-52-81(74)93)90(60-31-11-3-12-32-60)61-33-13-4-14-34-61)88-85(87-83)94-78-46-26-23-43-71(78)75-57-66(49-53-82(75)94)91(62-35-15-5-16-36-62)63-37-17-6-18-38-63/h1-57H. The molecule has 0 atom stereocenters. The molecule has 0 aliphatic carbocycles. The summed E-state index contributed by atoms with van der Waals surface area (Å²) in [5.41, 5.74) is 17.6. The average Bonchev–Trinajstić information content (AvgIpc) is 1.56. The molecule has 9 nitrogen and oxygen atoms in total. The first-order valence-corrected chi connectivity index (χ1v) is 31.8. The van der Waals surface area contributed by atoms with Gasteiger partial charge in [-0.25, -0.2) is 0 Å². The maximum atomic E-state index is 5.69. The summed E-state index contributed by atoms with van der Waals surface area (Å²) in [5.74, 6) is 1.53. The summed E-state index contributed by atoms with van der Waals surface area (Å²) in [6.45, 7) is 0. The molecular formula is C85H57N9. The molecule has 18 aromatic rings. The molecule has 14 aromatic carbocycles. The van der Waals surface area contributed by atoms with Crippen LogP contribution in [0.4, 0.5) is 51.2 Å². The lowest BCUT2D eigenvalue weighted by molar-refractivity contribution is 0.893. The van der Waals surface area contributed by atoms with Gasteiger partial charge >= 0.3 is 0 Å². The predicted octanol–water partition coefficient (Wildman–Crippen LogP) is 22.4. The Balaban J connectivity index is 0.859. The molecule has 0 spiro atoms. The van der Waals surface area contributed by atoms with Gasteiger partial charge in [0.1, 0.15) is 0 Å². The number of benzene rings is 14. The Bertz CT molecular complexity index is 5530. The molecule has 0 aliphatic rings. The van der Waals surface area contributed by atoms with Crippen LogP contribution in [0, 0.1) is 0 Å². The summed E-state index contributed by atoms with van der Waals surface area (Å²) in [7, 11) is 0. The van der Waals surface area contributed by atoms with Crippen molar-refractivity contribution in [2.75, 3.05) is 14.7 Å². The highest BCUT2D eigenvalue weighted by atomic mass is 15.3. The van der Waals surface area contributed by atoms with Crippen molar-refractivity contribution < 1.29 is 0 Å². The molecule has 442 valence electrons. The van der Waals surface area contributed by atoms with Gasteiger partial charge in [-0.2, -0.15) is 15.0 Å². The van der Waals surface area contributed by atoms with Crippen LogP contribution in [0.15, 0.2) is 346 Å². The number of aromatic nitrogens is 6. The molecule has 0 radical (unpaired) electrons. The first kappa shape index (κ1) is 54.1. The van der Waals surface area contributed by atoms with Crippen molar-refractivity contribution in [3.05, 3.63) is 346 Å². The number of hydrogen-bond acceptors (Lipinski definition) is 6. The van der Waals surface area contributed by atoms with Crippen molar-refractivity contribution in [3.8, 4) is 29.0 Å². The van der Waals surface area contributed by atoms with Crippen LogP contribution in [-0.4, -0.2) is 28.7 Å². The monoisotopic (exact) mass is 1200 g/mol. The van der Waals surface area contributed by atoms with Gasteiger partial charge in [-0.05, 0) is 163 Å². The Hall–Kier alpha value is -12.9.